The van der Waals surface area contributed by atoms with Crippen LogP contribution in [-0.2, 0) is 4.79 Å². The monoisotopic (exact) mass is 387 g/mol. The molecule has 0 saturated carbocycles. The van der Waals surface area contributed by atoms with E-state index < -0.39 is 0 Å². The molecule has 0 heterocycles. The van der Waals surface area contributed by atoms with Crippen molar-refractivity contribution in [1.82, 2.24) is 0 Å². The lowest BCUT2D eigenvalue weighted by atomic mass is 10.1. The van der Waals surface area contributed by atoms with Crippen LogP contribution in [0.15, 0.2) is 36.4 Å². The van der Waals surface area contributed by atoms with Crippen LogP contribution in [0.4, 0.5) is 5.69 Å². The summed E-state index contributed by atoms with van der Waals surface area (Å²) in [5.74, 6) is 1.84. The number of benzene rings is 2. The van der Waals surface area contributed by atoms with Gasteiger partial charge in [-0.1, -0.05) is 0 Å². The number of hydrogen-bond donors (Lipinski definition) is 1. The summed E-state index contributed by atoms with van der Waals surface area (Å²) >= 11 is 0. The molecule has 0 aromatic heterocycles. The molecule has 7 heteroatoms. The predicted molar refractivity (Wildman–Crippen MR) is 106 cm³/mol. The van der Waals surface area contributed by atoms with Crippen molar-refractivity contribution in [3.8, 4) is 23.0 Å². The molecule has 0 aliphatic carbocycles. The topological polar surface area (TPSA) is 83.1 Å². The number of Topliss-reactive ketones (excluding diaryl/α,β-unsaturated/α-hetero) is 1. The van der Waals surface area contributed by atoms with Crippen molar-refractivity contribution in [2.75, 3.05) is 33.8 Å². The Labute approximate surface area is 164 Å². The van der Waals surface area contributed by atoms with Crippen molar-refractivity contribution < 1.29 is 28.5 Å². The van der Waals surface area contributed by atoms with E-state index >= 15 is 0 Å². The van der Waals surface area contributed by atoms with E-state index in [1.807, 2.05) is 0 Å². The van der Waals surface area contributed by atoms with Crippen molar-refractivity contribution in [3.05, 3.63) is 42.0 Å². The van der Waals surface area contributed by atoms with E-state index in [-0.39, 0.29) is 24.5 Å². The molecular formula is C21H25NO6. The number of anilines is 1. The van der Waals surface area contributed by atoms with Crippen molar-refractivity contribution in [2.24, 2.45) is 0 Å². The lowest BCUT2D eigenvalue weighted by Crippen LogP contribution is -2.12. The van der Waals surface area contributed by atoms with Crippen LogP contribution in [0.2, 0.25) is 0 Å². The van der Waals surface area contributed by atoms with Gasteiger partial charge >= 0.3 is 0 Å². The van der Waals surface area contributed by atoms with Crippen LogP contribution >= 0.6 is 0 Å². The third kappa shape index (κ3) is 5.39. The van der Waals surface area contributed by atoms with Crippen molar-refractivity contribution >= 4 is 17.4 Å². The second-order valence-electron chi connectivity index (χ2n) is 5.97. The Bertz CT molecular complexity index is 791. The maximum absolute atomic E-state index is 12.2. The first-order valence-electron chi connectivity index (χ1n) is 8.79. The van der Waals surface area contributed by atoms with Gasteiger partial charge in [-0.05, 0) is 30.7 Å². The molecule has 0 aliphatic heterocycles. The SMILES string of the molecule is COc1ccc(C(=O)CCCC(=O)Nc2cc(OC)c(OC)c(OC)c2)cc1. The molecule has 0 radical (unpaired) electrons. The molecule has 2 rings (SSSR count). The van der Waals surface area contributed by atoms with Crippen LogP contribution < -0.4 is 24.3 Å². The van der Waals surface area contributed by atoms with Gasteiger partial charge in [-0.2, -0.15) is 0 Å². The Balaban J connectivity index is 1.90. The maximum atomic E-state index is 12.2. The van der Waals surface area contributed by atoms with Gasteiger partial charge in [-0.15, -0.1) is 0 Å². The summed E-state index contributed by atoms with van der Waals surface area (Å²) in [7, 11) is 6.10. The van der Waals surface area contributed by atoms with Gasteiger partial charge in [0.2, 0.25) is 11.7 Å². The lowest BCUT2D eigenvalue weighted by molar-refractivity contribution is -0.116. The average molecular weight is 387 g/mol. The first-order chi connectivity index (χ1) is 13.5. The summed E-state index contributed by atoms with van der Waals surface area (Å²) in [6.07, 6.45) is 0.953. The van der Waals surface area contributed by atoms with Crippen LogP contribution in [0, 0.1) is 0 Å². The smallest absolute Gasteiger partial charge is 0.224 e. The van der Waals surface area contributed by atoms with E-state index in [4.69, 9.17) is 18.9 Å². The molecular weight excluding hydrogens is 362 g/mol. The Morgan fingerprint density at radius 2 is 1.43 bits per heavy atom. The highest BCUT2D eigenvalue weighted by Gasteiger charge is 2.15. The number of ether oxygens (including phenoxy) is 4. The minimum Gasteiger partial charge on any atom is -0.497 e. The number of carbonyl (C=O) groups is 2. The number of nitrogens with one attached hydrogen (secondary N) is 1. The Morgan fingerprint density at radius 1 is 0.821 bits per heavy atom. The summed E-state index contributed by atoms with van der Waals surface area (Å²) in [6.45, 7) is 0. The van der Waals surface area contributed by atoms with Gasteiger partial charge in [0.25, 0.3) is 0 Å². The van der Waals surface area contributed by atoms with Crippen LogP contribution in [0.25, 0.3) is 0 Å². The zero-order valence-electron chi connectivity index (χ0n) is 16.5. The van der Waals surface area contributed by atoms with Crippen LogP contribution in [-0.4, -0.2) is 40.1 Å². The molecule has 150 valence electrons. The largest absolute Gasteiger partial charge is 0.497 e. The molecule has 7 nitrogen and oxygen atoms in total. The van der Waals surface area contributed by atoms with Crippen LogP contribution in [0.1, 0.15) is 29.6 Å². The van der Waals surface area contributed by atoms with Gasteiger partial charge in [0.05, 0.1) is 28.4 Å². The quantitative estimate of drug-likeness (QED) is 0.626. The fraction of sp³-hybridized carbons (Fsp3) is 0.333. The zero-order chi connectivity index (χ0) is 20.5. The Kier molecular flexibility index (Phi) is 7.68. The van der Waals surface area contributed by atoms with Gasteiger partial charge in [0, 0.05) is 36.2 Å². The van der Waals surface area contributed by atoms with Crippen LogP contribution in [0.3, 0.4) is 0 Å². The van der Waals surface area contributed by atoms with E-state index in [1.165, 1.54) is 21.3 Å². The average Bonchev–Trinajstić information content (AvgIpc) is 2.72. The molecule has 1 N–H and O–H groups in total. The molecule has 28 heavy (non-hydrogen) atoms. The molecule has 0 aliphatic rings. The number of carbonyl (C=O) groups excluding carboxylic acids is 2. The Morgan fingerprint density at radius 3 is 1.93 bits per heavy atom. The number of rotatable bonds is 10. The molecule has 0 unspecified atom stereocenters. The fourth-order valence-electron chi connectivity index (χ4n) is 2.71. The van der Waals surface area contributed by atoms with Crippen molar-refractivity contribution in [1.29, 1.82) is 0 Å². The van der Waals surface area contributed by atoms with Gasteiger partial charge in [-0.25, -0.2) is 0 Å². The number of amides is 1. The summed E-state index contributed by atoms with van der Waals surface area (Å²) in [4.78, 5) is 24.4. The zero-order valence-corrected chi connectivity index (χ0v) is 16.5. The standard InChI is InChI=1S/C21H25NO6/c1-25-16-10-8-14(9-11-16)17(23)6-5-7-20(24)22-15-12-18(26-2)21(28-4)19(13-15)27-3/h8-13H,5-7H2,1-4H3,(H,22,24). The van der Waals surface area contributed by atoms with Crippen LogP contribution in [0.5, 0.6) is 23.0 Å². The van der Waals surface area contributed by atoms with E-state index in [2.05, 4.69) is 5.32 Å². The molecule has 0 atom stereocenters. The third-order valence-corrected chi connectivity index (χ3v) is 4.17. The van der Waals surface area contributed by atoms with E-state index in [1.54, 1.807) is 43.5 Å². The fourth-order valence-corrected chi connectivity index (χ4v) is 2.71. The normalized spacial score (nSPS) is 10.1. The highest BCUT2D eigenvalue weighted by atomic mass is 16.5. The Hall–Kier alpha value is -3.22. The first kappa shape index (κ1) is 21.1. The molecule has 1 amide bonds. The summed E-state index contributed by atoms with van der Waals surface area (Å²) in [5, 5.41) is 2.79. The molecule has 0 fully saturated rings. The first-order valence-corrected chi connectivity index (χ1v) is 8.79. The predicted octanol–water partition coefficient (Wildman–Crippen LogP) is 3.71. The number of ketones is 1. The van der Waals surface area contributed by atoms with Gasteiger partial charge in [-0.3, -0.25) is 9.59 Å². The minimum absolute atomic E-state index is 0.0109. The van der Waals surface area contributed by atoms with E-state index in [9.17, 15) is 9.59 Å². The third-order valence-electron chi connectivity index (χ3n) is 4.17. The molecule has 2 aromatic rings. The minimum atomic E-state index is -0.197. The second kappa shape index (κ2) is 10.2. The van der Waals surface area contributed by atoms with E-state index in [0.717, 1.165) is 0 Å². The highest BCUT2D eigenvalue weighted by Crippen LogP contribution is 2.39. The van der Waals surface area contributed by atoms with Gasteiger partial charge in [0.15, 0.2) is 17.3 Å². The summed E-state index contributed by atoms with van der Waals surface area (Å²) in [5.41, 5.74) is 1.13. The lowest BCUT2D eigenvalue weighted by Gasteiger charge is -2.14. The second-order valence-corrected chi connectivity index (χ2v) is 5.97. The molecule has 0 bridgehead atoms. The maximum Gasteiger partial charge on any atom is 0.224 e. The molecule has 2 aromatic carbocycles. The molecule has 0 spiro atoms. The molecule has 0 saturated heterocycles. The van der Waals surface area contributed by atoms with Gasteiger partial charge in [0.1, 0.15) is 5.75 Å². The highest BCUT2D eigenvalue weighted by molar-refractivity contribution is 5.97. The van der Waals surface area contributed by atoms with Gasteiger partial charge < -0.3 is 24.3 Å². The number of methoxy groups -OCH3 is 4. The van der Waals surface area contributed by atoms with Crippen molar-refractivity contribution in [2.45, 2.75) is 19.3 Å². The summed E-state index contributed by atoms with van der Waals surface area (Å²) in [6, 6.07) is 10.2. The number of hydrogen-bond acceptors (Lipinski definition) is 6. The summed E-state index contributed by atoms with van der Waals surface area (Å²) < 4.78 is 20.9. The van der Waals surface area contributed by atoms with E-state index in [0.29, 0.717) is 40.7 Å². The van der Waals surface area contributed by atoms with Crippen molar-refractivity contribution in [3.63, 3.8) is 0 Å².